The van der Waals surface area contributed by atoms with Crippen LogP contribution in [0.5, 0.6) is 11.8 Å². The number of halogens is 1. The van der Waals surface area contributed by atoms with Crippen LogP contribution < -0.4 is 4.74 Å². The minimum atomic E-state index is -0.316. The van der Waals surface area contributed by atoms with Gasteiger partial charge in [-0.25, -0.2) is 19.3 Å². The Bertz CT molecular complexity index is 994. The van der Waals surface area contributed by atoms with Gasteiger partial charge in [-0.1, -0.05) is 0 Å². The lowest BCUT2D eigenvalue weighted by molar-refractivity contribution is 0.440. The standard InChI is InChI=1S/C18H13FN4O/c1-12-10-23-11-13(2-7-17(23)22-12)14-8-20-18(21-9-14)24-16-5-3-15(19)4-6-16/h2-11H,1H3. The Labute approximate surface area is 137 Å². The van der Waals surface area contributed by atoms with Gasteiger partial charge < -0.3 is 9.14 Å². The molecule has 118 valence electrons. The highest BCUT2D eigenvalue weighted by atomic mass is 19.1. The van der Waals surface area contributed by atoms with Crippen LogP contribution in [-0.4, -0.2) is 19.4 Å². The zero-order chi connectivity index (χ0) is 16.5. The van der Waals surface area contributed by atoms with Crippen molar-refractivity contribution in [2.75, 3.05) is 0 Å². The molecular weight excluding hydrogens is 307 g/mol. The Balaban J connectivity index is 1.58. The van der Waals surface area contributed by atoms with E-state index in [-0.39, 0.29) is 11.8 Å². The average Bonchev–Trinajstić information content (AvgIpc) is 2.97. The van der Waals surface area contributed by atoms with E-state index in [2.05, 4.69) is 15.0 Å². The predicted molar refractivity (Wildman–Crippen MR) is 87.4 cm³/mol. The maximum absolute atomic E-state index is 12.9. The zero-order valence-electron chi connectivity index (χ0n) is 12.8. The lowest BCUT2D eigenvalue weighted by Crippen LogP contribution is -1.93. The number of fused-ring (bicyclic) bond motifs is 1. The molecule has 1 aromatic carbocycles. The van der Waals surface area contributed by atoms with Gasteiger partial charge in [0.05, 0.1) is 5.69 Å². The van der Waals surface area contributed by atoms with Crippen molar-refractivity contribution in [1.82, 2.24) is 19.4 Å². The molecular formula is C18H13FN4O. The summed E-state index contributed by atoms with van der Waals surface area (Å²) in [6.07, 6.45) is 7.33. The van der Waals surface area contributed by atoms with Crippen LogP contribution in [0.25, 0.3) is 16.8 Å². The van der Waals surface area contributed by atoms with Crippen molar-refractivity contribution >= 4 is 5.65 Å². The molecule has 0 fully saturated rings. The number of hydrogen-bond donors (Lipinski definition) is 0. The van der Waals surface area contributed by atoms with Crippen LogP contribution in [0.2, 0.25) is 0 Å². The van der Waals surface area contributed by atoms with Crippen LogP contribution in [-0.2, 0) is 0 Å². The number of ether oxygens (including phenoxy) is 1. The summed E-state index contributed by atoms with van der Waals surface area (Å²) in [5.41, 5.74) is 3.71. The summed E-state index contributed by atoms with van der Waals surface area (Å²) in [6.45, 7) is 1.96. The second-order valence-electron chi connectivity index (χ2n) is 5.38. The van der Waals surface area contributed by atoms with Gasteiger partial charge in [-0.3, -0.25) is 0 Å². The number of rotatable bonds is 3. The molecule has 0 saturated heterocycles. The molecule has 0 radical (unpaired) electrons. The van der Waals surface area contributed by atoms with E-state index in [1.165, 1.54) is 24.3 Å². The molecule has 24 heavy (non-hydrogen) atoms. The molecule has 5 nitrogen and oxygen atoms in total. The number of hydrogen-bond acceptors (Lipinski definition) is 4. The Kier molecular flexibility index (Phi) is 3.42. The monoisotopic (exact) mass is 320 g/mol. The number of aryl methyl sites for hydroxylation is 1. The van der Waals surface area contributed by atoms with Crippen LogP contribution in [0.4, 0.5) is 4.39 Å². The van der Waals surface area contributed by atoms with E-state index < -0.39 is 0 Å². The van der Waals surface area contributed by atoms with Gasteiger partial charge in [0, 0.05) is 35.9 Å². The Morgan fingerprint density at radius 3 is 2.42 bits per heavy atom. The van der Waals surface area contributed by atoms with Crippen molar-refractivity contribution in [3.8, 4) is 22.9 Å². The maximum atomic E-state index is 12.9. The molecule has 3 heterocycles. The van der Waals surface area contributed by atoms with E-state index >= 15 is 0 Å². The molecule has 6 heteroatoms. The minimum absolute atomic E-state index is 0.213. The Hall–Kier alpha value is -3.28. The number of imidazole rings is 1. The van der Waals surface area contributed by atoms with Crippen LogP contribution >= 0.6 is 0 Å². The van der Waals surface area contributed by atoms with E-state index in [0.717, 1.165) is 22.5 Å². The quantitative estimate of drug-likeness (QED) is 0.572. The van der Waals surface area contributed by atoms with Crippen LogP contribution in [0.1, 0.15) is 5.69 Å². The smallest absolute Gasteiger partial charge is 0.321 e. The lowest BCUT2D eigenvalue weighted by Gasteiger charge is -2.05. The third kappa shape index (κ3) is 2.81. The van der Waals surface area contributed by atoms with Crippen LogP contribution in [0, 0.1) is 12.7 Å². The molecule has 0 unspecified atom stereocenters. The first-order valence-electron chi connectivity index (χ1n) is 7.38. The first-order chi connectivity index (χ1) is 11.7. The van der Waals surface area contributed by atoms with Crippen molar-refractivity contribution in [2.45, 2.75) is 6.92 Å². The topological polar surface area (TPSA) is 52.3 Å². The SMILES string of the molecule is Cc1cn2cc(-c3cnc(Oc4ccc(F)cc4)nc3)ccc2n1. The normalized spacial score (nSPS) is 10.9. The van der Waals surface area contributed by atoms with Crippen LogP contribution in [0.3, 0.4) is 0 Å². The van der Waals surface area contributed by atoms with Crippen molar-refractivity contribution in [1.29, 1.82) is 0 Å². The molecule has 0 atom stereocenters. The van der Waals surface area contributed by atoms with Gasteiger partial charge in [0.1, 0.15) is 17.2 Å². The number of nitrogens with zero attached hydrogens (tertiary/aromatic N) is 4. The fourth-order valence-electron chi connectivity index (χ4n) is 2.42. The molecule has 0 aliphatic heterocycles. The molecule has 0 aliphatic rings. The summed E-state index contributed by atoms with van der Waals surface area (Å²) in [6, 6.07) is 9.85. The van der Waals surface area contributed by atoms with Gasteiger partial charge in [0.25, 0.3) is 0 Å². The third-order valence-electron chi connectivity index (χ3n) is 3.56. The largest absolute Gasteiger partial charge is 0.424 e. The molecule has 0 saturated carbocycles. The van der Waals surface area contributed by atoms with Crippen molar-refractivity contribution in [3.63, 3.8) is 0 Å². The fourth-order valence-corrected chi connectivity index (χ4v) is 2.42. The second-order valence-corrected chi connectivity index (χ2v) is 5.38. The zero-order valence-corrected chi connectivity index (χ0v) is 12.8. The van der Waals surface area contributed by atoms with Gasteiger partial charge in [0.15, 0.2) is 0 Å². The van der Waals surface area contributed by atoms with E-state index in [1.54, 1.807) is 12.4 Å². The summed E-state index contributed by atoms with van der Waals surface area (Å²) in [4.78, 5) is 12.8. The lowest BCUT2D eigenvalue weighted by atomic mass is 10.1. The molecule has 0 bridgehead atoms. The molecule has 0 spiro atoms. The van der Waals surface area contributed by atoms with Crippen LogP contribution in [0.15, 0.2) is 61.2 Å². The molecule has 0 aliphatic carbocycles. The van der Waals surface area contributed by atoms with Crippen molar-refractivity contribution in [2.24, 2.45) is 0 Å². The Morgan fingerprint density at radius 2 is 1.67 bits per heavy atom. The summed E-state index contributed by atoms with van der Waals surface area (Å²) in [5, 5.41) is 0. The fraction of sp³-hybridized carbons (Fsp3) is 0.0556. The summed E-state index contributed by atoms with van der Waals surface area (Å²) < 4.78 is 20.3. The van der Waals surface area contributed by atoms with Gasteiger partial charge in [-0.05, 0) is 43.3 Å². The highest BCUT2D eigenvalue weighted by Crippen LogP contribution is 2.22. The maximum Gasteiger partial charge on any atom is 0.321 e. The number of pyridine rings is 1. The predicted octanol–water partition coefficient (Wildman–Crippen LogP) is 4.03. The van der Waals surface area contributed by atoms with Gasteiger partial charge in [-0.15, -0.1) is 0 Å². The van der Waals surface area contributed by atoms with E-state index in [9.17, 15) is 4.39 Å². The summed E-state index contributed by atoms with van der Waals surface area (Å²) in [7, 11) is 0. The Morgan fingerprint density at radius 1 is 0.917 bits per heavy atom. The first kappa shape index (κ1) is 14.3. The highest BCUT2D eigenvalue weighted by Gasteiger charge is 2.05. The van der Waals surface area contributed by atoms with E-state index in [0.29, 0.717) is 5.75 Å². The highest BCUT2D eigenvalue weighted by molar-refractivity contribution is 5.63. The van der Waals surface area contributed by atoms with Crippen molar-refractivity contribution < 1.29 is 9.13 Å². The summed E-state index contributed by atoms with van der Waals surface area (Å²) in [5.74, 6) is 0.170. The van der Waals surface area contributed by atoms with Gasteiger partial charge in [-0.2, -0.15) is 0 Å². The number of benzene rings is 1. The van der Waals surface area contributed by atoms with E-state index in [1.807, 2.05) is 35.9 Å². The molecule has 3 aromatic heterocycles. The summed E-state index contributed by atoms with van der Waals surface area (Å²) >= 11 is 0. The number of aromatic nitrogens is 4. The average molecular weight is 320 g/mol. The van der Waals surface area contributed by atoms with Crippen molar-refractivity contribution in [3.05, 3.63) is 72.7 Å². The molecule has 4 rings (SSSR count). The molecule has 0 amide bonds. The minimum Gasteiger partial charge on any atom is -0.424 e. The molecule has 0 N–H and O–H groups in total. The third-order valence-corrected chi connectivity index (χ3v) is 3.56. The van der Waals surface area contributed by atoms with Gasteiger partial charge in [0.2, 0.25) is 0 Å². The second kappa shape index (κ2) is 5.73. The van der Waals surface area contributed by atoms with E-state index in [4.69, 9.17) is 4.74 Å². The molecule has 4 aromatic rings. The van der Waals surface area contributed by atoms with Gasteiger partial charge >= 0.3 is 6.01 Å². The first-order valence-corrected chi connectivity index (χ1v) is 7.38.